The molecule has 0 fully saturated rings. The molecule has 0 aliphatic heterocycles. The Hall–Kier alpha value is -2.68. The number of hydrogen-bond acceptors (Lipinski definition) is 3. The number of rotatable bonds is 9. The number of Topliss-reactive ketones (excluding diaryl/α,β-unsaturated/α-hetero) is 1. The van der Waals surface area contributed by atoms with Crippen LogP contribution in [0.3, 0.4) is 0 Å². The molecule has 0 radical (unpaired) electrons. The summed E-state index contributed by atoms with van der Waals surface area (Å²) in [7, 11) is 0. The molecule has 172 valence electrons. The quantitative estimate of drug-likeness (QED) is 0.304. The first-order valence-corrected chi connectivity index (χ1v) is 11.4. The Morgan fingerprint density at radius 2 is 1.59 bits per heavy atom. The zero-order valence-corrected chi connectivity index (χ0v) is 20.5. The van der Waals surface area contributed by atoms with Crippen LogP contribution in [0.15, 0.2) is 61.2 Å². The summed E-state index contributed by atoms with van der Waals surface area (Å²) in [5.74, 6) is -0.0278. The van der Waals surface area contributed by atoms with Crippen LogP contribution in [0.4, 0.5) is 0 Å². The number of benzene rings is 2. The van der Waals surface area contributed by atoms with Crippen LogP contribution < -0.4 is 0 Å². The van der Waals surface area contributed by atoms with Gasteiger partial charge in [0.1, 0.15) is 11.4 Å². The second-order valence-electron chi connectivity index (χ2n) is 10.8. The molecule has 3 heteroatoms. The molecule has 2 rings (SSSR count). The van der Waals surface area contributed by atoms with Crippen LogP contribution in [-0.4, -0.2) is 17.4 Å². The van der Waals surface area contributed by atoms with Crippen molar-refractivity contribution in [1.82, 2.24) is 0 Å². The van der Waals surface area contributed by atoms with Crippen molar-refractivity contribution in [2.24, 2.45) is 11.3 Å². The van der Waals surface area contributed by atoms with E-state index in [4.69, 9.17) is 4.74 Å². The minimum absolute atomic E-state index is 0.0180. The largest absolute Gasteiger partial charge is 0.456 e. The van der Waals surface area contributed by atoms with Gasteiger partial charge in [-0.05, 0) is 74.3 Å². The molecule has 0 spiro atoms. The molecule has 0 bridgehead atoms. The predicted molar refractivity (Wildman–Crippen MR) is 133 cm³/mol. The van der Waals surface area contributed by atoms with Crippen molar-refractivity contribution in [2.75, 3.05) is 0 Å². The van der Waals surface area contributed by atoms with E-state index < -0.39 is 5.60 Å². The Morgan fingerprint density at radius 1 is 0.969 bits per heavy atom. The third-order valence-electron chi connectivity index (χ3n) is 5.12. The lowest BCUT2D eigenvalue weighted by molar-refractivity contribution is -0.124. The van der Waals surface area contributed by atoms with E-state index in [1.165, 1.54) is 0 Å². The molecule has 2 aromatic rings. The molecule has 0 unspecified atom stereocenters. The number of ether oxygens (including phenoxy) is 1. The molecular weight excluding hydrogens is 396 g/mol. The minimum Gasteiger partial charge on any atom is -0.456 e. The third-order valence-corrected chi connectivity index (χ3v) is 5.12. The molecule has 3 nitrogen and oxygen atoms in total. The van der Waals surface area contributed by atoms with Crippen LogP contribution >= 0.6 is 0 Å². The third kappa shape index (κ3) is 8.45. The van der Waals surface area contributed by atoms with Gasteiger partial charge in [0.25, 0.3) is 0 Å². The summed E-state index contributed by atoms with van der Waals surface area (Å²) in [6, 6.07) is 15.8. The van der Waals surface area contributed by atoms with Crippen molar-refractivity contribution in [2.45, 2.75) is 72.8 Å². The highest BCUT2D eigenvalue weighted by Crippen LogP contribution is 2.28. The van der Waals surface area contributed by atoms with Gasteiger partial charge in [-0.3, -0.25) is 4.79 Å². The van der Waals surface area contributed by atoms with Crippen molar-refractivity contribution in [1.29, 1.82) is 0 Å². The molecule has 0 N–H and O–H groups in total. The van der Waals surface area contributed by atoms with E-state index in [1.807, 2.05) is 57.2 Å². The maximum Gasteiger partial charge on any atom is 0.338 e. The first-order valence-electron chi connectivity index (χ1n) is 11.4. The SMILES string of the molecule is C=CCC[C@@H](Cc1cccc(-c2cccc(C(=O)OC(C)(C)C)c2)c1)C(=O)CC(C)(C)C. The maximum absolute atomic E-state index is 13.0. The van der Waals surface area contributed by atoms with Crippen molar-refractivity contribution >= 4 is 11.8 Å². The molecule has 0 aliphatic carbocycles. The van der Waals surface area contributed by atoms with Gasteiger partial charge in [-0.25, -0.2) is 4.79 Å². The fourth-order valence-corrected chi connectivity index (χ4v) is 3.69. The van der Waals surface area contributed by atoms with E-state index in [2.05, 4.69) is 39.5 Å². The monoisotopic (exact) mass is 434 g/mol. The van der Waals surface area contributed by atoms with Gasteiger partial charge in [-0.2, -0.15) is 0 Å². The van der Waals surface area contributed by atoms with Crippen molar-refractivity contribution in [3.05, 3.63) is 72.3 Å². The molecule has 2 aromatic carbocycles. The summed E-state index contributed by atoms with van der Waals surface area (Å²) >= 11 is 0. The highest BCUT2D eigenvalue weighted by atomic mass is 16.6. The van der Waals surface area contributed by atoms with Crippen LogP contribution in [0.2, 0.25) is 0 Å². The van der Waals surface area contributed by atoms with Gasteiger partial charge in [-0.15, -0.1) is 6.58 Å². The van der Waals surface area contributed by atoms with E-state index >= 15 is 0 Å². The van der Waals surface area contributed by atoms with Crippen molar-refractivity contribution in [3.63, 3.8) is 0 Å². The number of ketones is 1. The van der Waals surface area contributed by atoms with Gasteiger partial charge in [0.15, 0.2) is 0 Å². The van der Waals surface area contributed by atoms with Crippen LogP contribution in [-0.2, 0) is 16.0 Å². The second-order valence-corrected chi connectivity index (χ2v) is 10.8. The highest BCUT2D eigenvalue weighted by Gasteiger charge is 2.24. The van der Waals surface area contributed by atoms with Gasteiger partial charge in [0.2, 0.25) is 0 Å². The molecular formula is C29H38O3. The fraction of sp³-hybridized carbons (Fsp3) is 0.448. The molecule has 0 saturated heterocycles. The van der Waals surface area contributed by atoms with Gasteiger partial charge in [0.05, 0.1) is 5.56 Å². The average Bonchev–Trinajstić information content (AvgIpc) is 2.69. The molecule has 0 saturated carbocycles. The molecule has 0 aromatic heterocycles. The average molecular weight is 435 g/mol. The Bertz CT molecular complexity index is 941. The maximum atomic E-state index is 13.0. The summed E-state index contributed by atoms with van der Waals surface area (Å²) in [5, 5.41) is 0. The molecule has 32 heavy (non-hydrogen) atoms. The smallest absolute Gasteiger partial charge is 0.338 e. The van der Waals surface area contributed by atoms with Crippen LogP contribution in [0, 0.1) is 11.3 Å². The van der Waals surface area contributed by atoms with Crippen molar-refractivity contribution < 1.29 is 14.3 Å². The topological polar surface area (TPSA) is 43.4 Å². The van der Waals surface area contributed by atoms with E-state index in [0.29, 0.717) is 24.2 Å². The number of carbonyl (C=O) groups excluding carboxylic acids is 2. The number of hydrogen-bond donors (Lipinski definition) is 0. The van der Waals surface area contributed by atoms with Gasteiger partial charge in [0, 0.05) is 12.3 Å². The normalized spacial score (nSPS) is 12.8. The fourth-order valence-electron chi connectivity index (χ4n) is 3.69. The van der Waals surface area contributed by atoms with E-state index in [9.17, 15) is 9.59 Å². The molecule has 1 atom stereocenters. The predicted octanol–water partition coefficient (Wildman–Crippen LogP) is 7.44. The van der Waals surface area contributed by atoms with Gasteiger partial charge in [-0.1, -0.05) is 63.2 Å². The molecule has 0 heterocycles. The van der Waals surface area contributed by atoms with Crippen molar-refractivity contribution in [3.8, 4) is 11.1 Å². The van der Waals surface area contributed by atoms with E-state index in [-0.39, 0.29) is 17.3 Å². The minimum atomic E-state index is -0.535. The molecule has 0 aliphatic rings. The van der Waals surface area contributed by atoms with Crippen LogP contribution in [0.25, 0.3) is 11.1 Å². The summed E-state index contributed by atoms with van der Waals surface area (Å²) in [5.41, 5.74) is 3.09. The van der Waals surface area contributed by atoms with E-state index in [1.54, 1.807) is 6.07 Å². The molecule has 0 amide bonds. The zero-order chi connectivity index (χ0) is 23.9. The lowest BCUT2D eigenvalue weighted by atomic mass is 9.81. The number of carbonyl (C=O) groups is 2. The first-order chi connectivity index (χ1) is 14.9. The Labute approximate surface area is 193 Å². The summed E-state index contributed by atoms with van der Waals surface area (Å²) in [4.78, 5) is 25.4. The summed E-state index contributed by atoms with van der Waals surface area (Å²) in [6.07, 6.45) is 4.82. The number of allylic oxidation sites excluding steroid dienone is 1. The highest BCUT2D eigenvalue weighted by molar-refractivity contribution is 5.91. The Balaban J connectivity index is 2.25. The standard InChI is InChI=1S/C29H38O3/c1-8-9-13-24(26(30)20-28(2,3)4)18-21-12-10-14-22(17-21)23-15-11-16-25(19-23)27(31)32-29(5,6)7/h8,10-12,14-17,19,24H,1,9,13,18,20H2,2-7H3/t24-/m0/s1. The summed E-state index contributed by atoms with van der Waals surface area (Å²) in [6.45, 7) is 15.7. The number of esters is 1. The zero-order valence-electron chi connectivity index (χ0n) is 20.5. The second kappa shape index (κ2) is 10.8. The summed E-state index contributed by atoms with van der Waals surface area (Å²) < 4.78 is 5.51. The Kier molecular flexibility index (Phi) is 8.60. The van der Waals surface area contributed by atoms with Gasteiger partial charge < -0.3 is 4.74 Å². The van der Waals surface area contributed by atoms with Gasteiger partial charge >= 0.3 is 5.97 Å². The van der Waals surface area contributed by atoms with E-state index in [0.717, 1.165) is 29.5 Å². The lowest BCUT2D eigenvalue weighted by Crippen LogP contribution is -2.23. The lowest BCUT2D eigenvalue weighted by Gasteiger charge is -2.22. The first kappa shape index (κ1) is 25.6. The van der Waals surface area contributed by atoms with Crippen LogP contribution in [0.1, 0.15) is 76.7 Å². The van der Waals surface area contributed by atoms with Crippen LogP contribution in [0.5, 0.6) is 0 Å². The Morgan fingerprint density at radius 3 is 2.19 bits per heavy atom.